The van der Waals surface area contributed by atoms with Gasteiger partial charge in [-0.25, -0.2) is 4.98 Å². The van der Waals surface area contributed by atoms with Gasteiger partial charge in [-0.3, -0.25) is 9.78 Å². The number of hydrogen-bond donors (Lipinski definition) is 4. The summed E-state index contributed by atoms with van der Waals surface area (Å²) in [4.78, 5) is 25.0. The molecule has 5 N–H and O–H groups in total. The number of nitrogens with two attached hydrogens (primary N) is 1. The molecule has 0 unspecified atom stereocenters. The van der Waals surface area contributed by atoms with Gasteiger partial charge in [-0.1, -0.05) is 11.6 Å². The third kappa shape index (κ3) is 3.94. The van der Waals surface area contributed by atoms with Crippen molar-refractivity contribution in [3.05, 3.63) is 56.8 Å². The summed E-state index contributed by atoms with van der Waals surface area (Å²) in [7, 11) is 0. The Hall–Kier alpha value is -2.26. The lowest BCUT2D eigenvalue weighted by molar-refractivity contribution is 0.0933. The number of nitrogens with one attached hydrogen (secondary N) is 2. The highest BCUT2D eigenvalue weighted by Crippen LogP contribution is 2.23. The minimum atomic E-state index is -0.424. The van der Waals surface area contributed by atoms with Crippen molar-refractivity contribution in [1.82, 2.24) is 20.3 Å². The molecule has 1 amide bonds. The first-order valence-corrected chi connectivity index (χ1v) is 9.09. The standard InChI is InChI=1S/C17H18ClN5O2S/c1-9-4-13(12-3-2-10(18)6-20-12)22-15(9)16(25)23-14(5-19)17-21-7-11(8-24)26-17/h2-4,6-7,14,22,24H,5,8,19H2,1H3,(H,23,25)/t14-/m0/s1. The first kappa shape index (κ1) is 18.5. The van der Waals surface area contributed by atoms with Crippen LogP contribution in [0.1, 0.15) is 32.0 Å². The number of rotatable bonds is 6. The molecule has 136 valence electrons. The summed E-state index contributed by atoms with van der Waals surface area (Å²) in [6, 6.07) is 4.96. The summed E-state index contributed by atoms with van der Waals surface area (Å²) >= 11 is 7.18. The van der Waals surface area contributed by atoms with Gasteiger partial charge in [0.2, 0.25) is 0 Å². The number of aromatic nitrogens is 3. The van der Waals surface area contributed by atoms with E-state index in [1.165, 1.54) is 11.3 Å². The van der Waals surface area contributed by atoms with Crippen LogP contribution >= 0.6 is 22.9 Å². The van der Waals surface area contributed by atoms with Gasteiger partial charge in [0.15, 0.2) is 0 Å². The fourth-order valence-corrected chi connectivity index (χ4v) is 3.43. The number of aromatic amines is 1. The quantitative estimate of drug-likeness (QED) is 0.514. The predicted molar refractivity (Wildman–Crippen MR) is 101 cm³/mol. The smallest absolute Gasteiger partial charge is 0.268 e. The summed E-state index contributed by atoms with van der Waals surface area (Å²) in [6.45, 7) is 1.96. The third-order valence-electron chi connectivity index (χ3n) is 3.81. The maximum absolute atomic E-state index is 12.7. The van der Waals surface area contributed by atoms with Gasteiger partial charge in [0.25, 0.3) is 5.91 Å². The number of amides is 1. The molecule has 0 spiro atoms. The van der Waals surface area contributed by atoms with Crippen LogP contribution in [0.4, 0.5) is 0 Å². The normalized spacial score (nSPS) is 12.2. The molecule has 0 radical (unpaired) electrons. The van der Waals surface area contributed by atoms with Crippen molar-refractivity contribution in [2.45, 2.75) is 19.6 Å². The lowest BCUT2D eigenvalue weighted by Crippen LogP contribution is -2.33. The van der Waals surface area contributed by atoms with E-state index in [1.807, 2.05) is 13.0 Å². The molecule has 0 aromatic carbocycles. The number of thiazole rings is 1. The fourth-order valence-electron chi connectivity index (χ4n) is 2.48. The molecule has 9 heteroatoms. The van der Waals surface area contributed by atoms with Gasteiger partial charge in [-0.15, -0.1) is 11.3 Å². The highest BCUT2D eigenvalue weighted by atomic mass is 35.5. The number of aliphatic hydroxyl groups is 1. The van der Waals surface area contributed by atoms with Gasteiger partial charge in [0.05, 0.1) is 33.9 Å². The number of carbonyl (C=O) groups excluding carboxylic acids is 1. The Kier molecular flexibility index (Phi) is 5.67. The molecule has 3 aromatic heterocycles. The summed E-state index contributed by atoms with van der Waals surface area (Å²) < 4.78 is 0. The van der Waals surface area contributed by atoms with Crippen LogP contribution in [0.25, 0.3) is 11.4 Å². The molecule has 0 bridgehead atoms. The molecule has 0 aliphatic rings. The van der Waals surface area contributed by atoms with E-state index in [4.69, 9.17) is 22.4 Å². The molecule has 7 nitrogen and oxygen atoms in total. The zero-order valence-electron chi connectivity index (χ0n) is 14.0. The summed E-state index contributed by atoms with van der Waals surface area (Å²) in [6.07, 6.45) is 3.14. The number of nitrogens with zero attached hydrogens (tertiary/aromatic N) is 2. The highest BCUT2D eigenvalue weighted by molar-refractivity contribution is 7.11. The van der Waals surface area contributed by atoms with Crippen molar-refractivity contribution in [2.24, 2.45) is 5.73 Å². The van der Waals surface area contributed by atoms with Crippen LogP contribution in [0.15, 0.2) is 30.6 Å². The van der Waals surface area contributed by atoms with Gasteiger partial charge < -0.3 is 21.1 Å². The molecule has 0 aliphatic carbocycles. The average Bonchev–Trinajstić information content (AvgIpc) is 3.27. The Morgan fingerprint density at radius 1 is 1.42 bits per heavy atom. The first-order chi connectivity index (χ1) is 12.5. The molecule has 0 saturated heterocycles. The fraction of sp³-hybridized carbons (Fsp3) is 0.235. The molecule has 1 atom stereocenters. The number of aliphatic hydroxyl groups excluding tert-OH is 1. The summed E-state index contributed by atoms with van der Waals surface area (Å²) in [5, 5.41) is 13.3. The van der Waals surface area contributed by atoms with Crippen molar-refractivity contribution in [2.75, 3.05) is 6.54 Å². The van der Waals surface area contributed by atoms with E-state index in [1.54, 1.807) is 24.5 Å². The van der Waals surface area contributed by atoms with E-state index < -0.39 is 6.04 Å². The topological polar surface area (TPSA) is 117 Å². The van der Waals surface area contributed by atoms with Gasteiger partial charge in [-0.2, -0.15) is 0 Å². The minimum Gasteiger partial charge on any atom is -0.391 e. The Bertz CT molecular complexity index is 906. The minimum absolute atomic E-state index is 0.0872. The Labute approximate surface area is 159 Å². The number of halogens is 1. The Morgan fingerprint density at radius 2 is 2.23 bits per heavy atom. The third-order valence-corrected chi connectivity index (χ3v) is 5.13. The van der Waals surface area contributed by atoms with Gasteiger partial charge in [0.1, 0.15) is 10.7 Å². The number of H-pyrrole nitrogens is 1. The number of aryl methyl sites for hydroxylation is 1. The molecular formula is C17H18ClN5O2S. The SMILES string of the molecule is Cc1cc(-c2ccc(Cl)cn2)[nH]c1C(=O)N[C@@H](CN)c1ncc(CO)s1. The van der Waals surface area contributed by atoms with Crippen LogP contribution in [0.3, 0.4) is 0 Å². The second-order valence-electron chi connectivity index (χ2n) is 5.69. The van der Waals surface area contributed by atoms with E-state index in [-0.39, 0.29) is 19.1 Å². The van der Waals surface area contributed by atoms with Gasteiger partial charge >= 0.3 is 0 Å². The largest absolute Gasteiger partial charge is 0.391 e. The zero-order chi connectivity index (χ0) is 18.7. The predicted octanol–water partition coefficient (Wildman–Crippen LogP) is 2.42. The molecule has 0 saturated carbocycles. The van der Waals surface area contributed by atoms with Crippen molar-refractivity contribution in [3.63, 3.8) is 0 Å². The molecule has 0 aliphatic heterocycles. The van der Waals surface area contributed by atoms with Crippen LogP contribution in [0.2, 0.25) is 5.02 Å². The summed E-state index contributed by atoms with van der Waals surface area (Å²) in [5.74, 6) is -0.279. The number of carbonyl (C=O) groups is 1. The lowest BCUT2D eigenvalue weighted by Gasteiger charge is -2.14. The van der Waals surface area contributed by atoms with Crippen LogP contribution in [-0.4, -0.2) is 32.5 Å². The highest BCUT2D eigenvalue weighted by Gasteiger charge is 2.20. The van der Waals surface area contributed by atoms with Crippen molar-refractivity contribution >= 4 is 28.8 Å². The Balaban J connectivity index is 1.79. The van der Waals surface area contributed by atoms with Crippen molar-refractivity contribution in [3.8, 4) is 11.4 Å². The van der Waals surface area contributed by atoms with Crippen LogP contribution in [-0.2, 0) is 6.61 Å². The lowest BCUT2D eigenvalue weighted by atomic mass is 10.2. The van der Waals surface area contributed by atoms with Gasteiger partial charge in [0, 0.05) is 18.9 Å². The first-order valence-electron chi connectivity index (χ1n) is 7.89. The number of hydrogen-bond acceptors (Lipinski definition) is 6. The molecule has 3 aromatic rings. The molecular weight excluding hydrogens is 374 g/mol. The van der Waals surface area contributed by atoms with Crippen molar-refractivity contribution in [1.29, 1.82) is 0 Å². The van der Waals surface area contributed by atoms with E-state index in [9.17, 15) is 4.79 Å². The van der Waals surface area contributed by atoms with Crippen molar-refractivity contribution < 1.29 is 9.90 Å². The van der Waals surface area contributed by atoms with E-state index in [0.717, 1.165) is 16.1 Å². The van der Waals surface area contributed by atoms with E-state index in [0.29, 0.717) is 21.4 Å². The van der Waals surface area contributed by atoms with E-state index >= 15 is 0 Å². The second-order valence-corrected chi connectivity index (χ2v) is 7.27. The van der Waals surface area contributed by atoms with Crippen LogP contribution in [0.5, 0.6) is 0 Å². The maximum atomic E-state index is 12.7. The number of pyridine rings is 1. The van der Waals surface area contributed by atoms with Crippen LogP contribution < -0.4 is 11.1 Å². The van der Waals surface area contributed by atoms with Crippen LogP contribution in [0, 0.1) is 6.92 Å². The molecule has 0 fully saturated rings. The zero-order valence-corrected chi connectivity index (χ0v) is 15.6. The maximum Gasteiger partial charge on any atom is 0.268 e. The molecule has 26 heavy (non-hydrogen) atoms. The Morgan fingerprint density at radius 3 is 2.85 bits per heavy atom. The second kappa shape index (κ2) is 7.96. The monoisotopic (exact) mass is 391 g/mol. The average molecular weight is 392 g/mol. The molecule has 3 heterocycles. The molecule has 3 rings (SSSR count). The summed E-state index contributed by atoms with van der Waals surface area (Å²) in [5.41, 5.74) is 8.44. The van der Waals surface area contributed by atoms with Gasteiger partial charge in [-0.05, 0) is 30.7 Å². The van der Waals surface area contributed by atoms with E-state index in [2.05, 4.69) is 20.3 Å².